The lowest BCUT2D eigenvalue weighted by molar-refractivity contribution is -0.00464. The lowest BCUT2D eigenvalue weighted by Crippen LogP contribution is -2.54. The number of aryl methyl sites for hydroxylation is 1. The van der Waals surface area contributed by atoms with Crippen molar-refractivity contribution in [3.8, 4) is 0 Å². The van der Waals surface area contributed by atoms with Gasteiger partial charge in [-0.25, -0.2) is 4.79 Å². The van der Waals surface area contributed by atoms with Crippen LogP contribution in [0.25, 0.3) is 0 Å². The second kappa shape index (κ2) is 6.63. The summed E-state index contributed by atoms with van der Waals surface area (Å²) in [6, 6.07) is 2.91. The Morgan fingerprint density at radius 3 is 2.76 bits per heavy atom. The molecule has 2 saturated heterocycles. The van der Waals surface area contributed by atoms with Crippen molar-refractivity contribution in [3.63, 3.8) is 0 Å². The smallest absolute Gasteiger partial charge is 0.409 e. The summed E-state index contributed by atoms with van der Waals surface area (Å²) in [6.07, 6.45) is 7.90. The maximum Gasteiger partial charge on any atom is 0.409 e. The molecule has 0 bridgehead atoms. The third-order valence-electron chi connectivity index (χ3n) is 6.72. The Morgan fingerprint density at radius 2 is 2.08 bits per heavy atom. The maximum atomic E-state index is 11.7. The standard InChI is InChI=1S/C19H30N4O2/c1-3-23-17(4-8-20-23)15-5-9-21(10-6-15)16-12-19(13-16)7-11-22(14-19)18(24)25-2/h4,8,15-16H,3,5-7,9-14H2,1-2H3. The number of carbonyl (C=O) groups is 1. The Kier molecular flexibility index (Phi) is 4.48. The van der Waals surface area contributed by atoms with Gasteiger partial charge >= 0.3 is 6.09 Å². The second-order valence-corrected chi connectivity index (χ2v) is 8.09. The summed E-state index contributed by atoms with van der Waals surface area (Å²) in [5.41, 5.74) is 1.79. The van der Waals surface area contributed by atoms with Crippen LogP contribution in [0.3, 0.4) is 0 Å². The SMILES string of the molecule is CCn1nccc1C1CCN(C2CC3(CCN(C(=O)OC)C3)C2)CC1. The van der Waals surface area contributed by atoms with Crippen LogP contribution >= 0.6 is 0 Å². The van der Waals surface area contributed by atoms with Crippen LogP contribution in [-0.4, -0.2) is 65.0 Å². The number of amides is 1. The zero-order chi connectivity index (χ0) is 17.4. The average Bonchev–Trinajstić information content (AvgIpc) is 3.27. The van der Waals surface area contributed by atoms with Gasteiger partial charge in [-0.05, 0) is 63.6 Å². The van der Waals surface area contributed by atoms with Gasteiger partial charge in [0.15, 0.2) is 0 Å². The van der Waals surface area contributed by atoms with Crippen LogP contribution < -0.4 is 0 Å². The molecule has 4 rings (SSSR count). The van der Waals surface area contributed by atoms with E-state index in [1.165, 1.54) is 51.6 Å². The highest BCUT2D eigenvalue weighted by Crippen LogP contribution is 2.50. The Labute approximate surface area is 150 Å². The van der Waals surface area contributed by atoms with Gasteiger partial charge < -0.3 is 14.5 Å². The van der Waals surface area contributed by atoms with Crippen molar-refractivity contribution in [1.82, 2.24) is 19.6 Å². The quantitative estimate of drug-likeness (QED) is 0.844. The summed E-state index contributed by atoms with van der Waals surface area (Å²) in [4.78, 5) is 16.3. The van der Waals surface area contributed by atoms with Crippen LogP contribution in [-0.2, 0) is 11.3 Å². The maximum absolute atomic E-state index is 11.7. The molecule has 1 saturated carbocycles. The zero-order valence-electron chi connectivity index (χ0n) is 15.5. The van der Waals surface area contributed by atoms with Crippen molar-refractivity contribution < 1.29 is 9.53 Å². The molecule has 1 aromatic heterocycles. The average molecular weight is 346 g/mol. The number of piperidine rings is 1. The fourth-order valence-corrected chi connectivity index (χ4v) is 5.27. The molecular weight excluding hydrogens is 316 g/mol. The lowest BCUT2D eigenvalue weighted by atomic mass is 9.64. The minimum Gasteiger partial charge on any atom is -0.453 e. The normalized spacial score (nSPS) is 30.6. The van der Waals surface area contributed by atoms with Crippen molar-refractivity contribution in [2.75, 3.05) is 33.3 Å². The molecular formula is C19H30N4O2. The van der Waals surface area contributed by atoms with E-state index in [4.69, 9.17) is 4.74 Å². The number of rotatable bonds is 3. The van der Waals surface area contributed by atoms with Gasteiger partial charge in [0.2, 0.25) is 0 Å². The van der Waals surface area contributed by atoms with Gasteiger partial charge in [-0.3, -0.25) is 4.68 Å². The van der Waals surface area contributed by atoms with E-state index in [9.17, 15) is 4.79 Å². The fourth-order valence-electron chi connectivity index (χ4n) is 5.27. The number of likely N-dealkylation sites (tertiary alicyclic amines) is 2. The molecule has 0 atom stereocenters. The number of aromatic nitrogens is 2. The fraction of sp³-hybridized carbons (Fsp3) is 0.789. The third-order valence-corrected chi connectivity index (χ3v) is 6.72. The largest absolute Gasteiger partial charge is 0.453 e. The second-order valence-electron chi connectivity index (χ2n) is 8.09. The topological polar surface area (TPSA) is 50.6 Å². The van der Waals surface area contributed by atoms with E-state index in [0.29, 0.717) is 11.3 Å². The van der Waals surface area contributed by atoms with E-state index in [2.05, 4.69) is 27.7 Å². The molecule has 0 aromatic carbocycles. The summed E-state index contributed by atoms with van der Waals surface area (Å²) in [6.45, 7) is 7.27. The van der Waals surface area contributed by atoms with Crippen LogP contribution in [0.4, 0.5) is 4.79 Å². The zero-order valence-corrected chi connectivity index (χ0v) is 15.5. The van der Waals surface area contributed by atoms with Crippen LogP contribution in [0, 0.1) is 5.41 Å². The van der Waals surface area contributed by atoms with E-state index in [0.717, 1.165) is 32.1 Å². The van der Waals surface area contributed by atoms with Crippen LogP contribution in [0.2, 0.25) is 0 Å². The van der Waals surface area contributed by atoms with Crippen LogP contribution in [0.5, 0.6) is 0 Å². The molecule has 3 fully saturated rings. The predicted molar refractivity (Wildman–Crippen MR) is 95.5 cm³/mol. The van der Waals surface area contributed by atoms with E-state index >= 15 is 0 Å². The first kappa shape index (κ1) is 16.9. The minimum atomic E-state index is -0.159. The van der Waals surface area contributed by atoms with Crippen molar-refractivity contribution >= 4 is 6.09 Å². The first-order valence-corrected chi connectivity index (χ1v) is 9.73. The summed E-state index contributed by atoms with van der Waals surface area (Å²) in [5.74, 6) is 0.661. The minimum absolute atomic E-state index is 0.159. The Hall–Kier alpha value is -1.56. The molecule has 1 spiro atoms. The van der Waals surface area contributed by atoms with Crippen LogP contribution in [0.15, 0.2) is 12.3 Å². The molecule has 1 aliphatic carbocycles. The lowest BCUT2D eigenvalue weighted by Gasteiger charge is -2.51. The number of ether oxygens (including phenoxy) is 1. The van der Waals surface area contributed by atoms with Crippen LogP contribution in [0.1, 0.15) is 50.6 Å². The number of nitrogens with zero attached hydrogens (tertiary/aromatic N) is 4. The van der Waals surface area contributed by atoms with Gasteiger partial charge in [0.25, 0.3) is 0 Å². The van der Waals surface area contributed by atoms with Crippen molar-refractivity contribution in [2.24, 2.45) is 5.41 Å². The van der Waals surface area contributed by atoms with E-state index in [1.807, 2.05) is 11.1 Å². The molecule has 6 nitrogen and oxygen atoms in total. The Morgan fingerprint density at radius 1 is 1.32 bits per heavy atom. The molecule has 0 unspecified atom stereocenters. The highest BCUT2D eigenvalue weighted by molar-refractivity contribution is 5.67. The number of carbonyl (C=O) groups excluding carboxylic acids is 1. The summed E-state index contributed by atoms with van der Waals surface area (Å²) in [7, 11) is 1.48. The molecule has 6 heteroatoms. The molecule has 1 amide bonds. The van der Waals surface area contributed by atoms with Crippen molar-refractivity contribution in [3.05, 3.63) is 18.0 Å². The molecule has 25 heavy (non-hydrogen) atoms. The molecule has 3 heterocycles. The predicted octanol–water partition coefficient (Wildman–Crippen LogP) is 2.70. The molecule has 0 N–H and O–H groups in total. The molecule has 138 valence electrons. The number of methoxy groups -OCH3 is 1. The van der Waals surface area contributed by atoms with Crippen molar-refractivity contribution in [2.45, 2.75) is 57.5 Å². The van der Waals surface area contributed by atoms with Gasteiger partial charge in [0.05, 0.1) is 7.11 Å². The summed E-state index contributed by atoms with van der Waals surface area (Å²) >= 11 is 0. The third kappa shape index (κ3) is 3.05. The van der Waals surface area contributed by atoms with Gasteiger partial charge in [0.1, 0.15) is 0 Å². The number of hydrogen-bond donors (Lipinski definition) is 0. The highest BCUT2D eigenvalue weighted by Gasteiger charge is 2.51. The Balaban J connectivity index is 1.27. The highest BCUT2D eigenvalue weighted by atomic mass is 16.5. The van der Waals surface area contributed by atoms with Gasteiger partial charge in [0, 0.05) is 43.5 Å². The van der Waals surface area contributed by atoms with Crippen molar-refractivity contribution in [1.29, 1.82) is 0 Å². The van der Waals surface area contributed by atoms with E-state index in [-0.39, 0.29) is 6.09 Å². The number of hydrogen-bond acceptors (Lipinski definition) is 4. The first-order valence-electron chi connectivity index (χ1n) is 9.73. The monoisotopic (exact) mass is 346 g/mol. The molecule has 3 aliphatic rings. The summed E-state index contributed by atoms with van der Waals surface area (Å²) < 4.78 is 7.03. The summed E-state index contributed by atoms with van der Waals surface area (Å²) in [5, 5.41) is 4.43. The molecule has 0 radical (unpaired) electrons. The first-order chi connectivity index (χ1) is 12.1. The van der Waals surface area contributed by atoms with Gasteiger partial charge in [-0.2, -0.15) is 5.10 Å². The Bertz CT molecular complexity index is 615. The van der Waals surface area contributed by atoms with E-state index < -0.39 is 0 Å². The van der Waals surface area contributed by atoms with Gasteiger partial charge in [-0.1, -0.05) is 0 Å². The van der Waals surface area contributed by atoms with E-state index in [1.54, 1.807) is 0 Å². The van der Waals surface area contributed by atoms with Gasteiger partial charge in [-0.15, -0.1) is 0 Å². The molecule has 1 aromatic rings. The molecule has 2 aliphatic heterocycles.